The van der Waals surface area contributed by atoms with Gasteiger partial charge in [0.05, 0.1) is 154 Å². The van der Waals surface area contributed by atoms with E-state index in [2.05, 4.69) is 115 Å². The number of aromatic nitrogens is 14. The maximum Gasteiger partial charge on any atom is 0.223 e. The van der Waals surface area contributed by atoms with Crippen LogP contribution in [0.5, 0.6) is 0 Å². The standard InChI is InChI=1S/C22H30ClN5O3S.C20H25ClN6O2S.C17H22ClN5O3S.C17H20ClN5O2S/c1-12(2)28-9-14(4-20(28)30)8-27-10-17(25-26-27)16-7-22(6-13(3)24-16)21-15(5-19(23)32-21)18(29)11-31-22;1-11-5-20(19-14(4-18(21)30-19)17(28)10-29-20)6-15(23-11)16-9-27(25-24-16)8-13-7-22-26(3)12(13)2;1-9-5-17(16-10(4-14(18)27-16)13(24)8-26-17)6-11(20-9)12-7-23(22-21-12)3-2-15(19)25;1-10-6-17(16-11(5-15(18)26-16)14(24)9-25-17)7-12(20-10)13-8-23(22-21-13)4-2-3-19/h5,10,12-14,16,18,24,29H,4,6-9,11H2,1-3H3;4,7,9,11,15,17,23,28H,5-6,8,10H2,1-3H3;4,7,9,11,13,20,24H,2-3,5-6,8H2,1H3,(H2,19,25);5,8,10,12,14,20,24H,2,4,6-7,9H2,1H3/t13-,14?,16-,18+,22-;11-,15-,17+,20-;9-,11-,13+,17-;10-,12-,14+,17-/m0000/s1. The first-order valence-corrected chi connectivity index (χ1v) is 43.8. The summed E-state index contributed by atoms with van der Waals surface area (Å²) in [7, 11) is 1.94. The molecule has 0 bridgehead atoms. The number of hydrogen-bond acceptors (Lipinski definition) is 28. The van der Waals surface area contributed by atoms with Crippen molar-refractivity contribution in [1.29, 1.82) is 5.26 Å². The van der Waals surface area contributed by atoms with E-state index in [9.17, 15) is 30.0 Å². The Labute approximate surface area is 701 Å². The van der Waals surface area contributed by atoms with Crippen LogP contribution in [0.25, 0.3) is 0 Å². The van der Waals surface area contributed by atoms with Gasteiger partial charge in [-0.05, 0) is 98.4 Å². The van der Waals surface area contributed by atoms with Crippen LogP contribution >= 0.6 is 91.8 Å². The predicted octanol–water partition coefficient (Wildman–Crippen LogP) is 10.2. The Morgan fingerprint density at radius 1 is 0.574 bits per heavy atom. The fraction of sp³-hybridized carbons (Fsp3) is 0.605. The molecule has 31 nitrogen and oxygen atoms in total. The van der Waals surface area contributed by atoms with E-state index < -0.39 is 46.8 Å². The van der Waals surface area contributed by atoms with Gasteiger partial charge in [-0.1, -0.05) is 67.3 Å². The molecular weight excluding hydrogens is 1640 g/mol. The van der Waals surface area contributed by atoms with E-state index in [1.165, 1.54) is 45.3 Å². The molecule has 0 aromatic carbocycles. The van der Waals surface area contributed by atoms with Crippen LogP contribution < -0.4 is 27.0 Å². The number of halogens is 4. The summed E-state index contributed by atoms with van der Waals surface area (Å²) >= 11 is 31.1. The molecule has 18 rings (SSSR count). The third kappa shape index (κ3) is 17.8. The number of rotatable bonds is 14. The molecule has 2 amide bonds. The maximum atomic E-state index is 12.2. The second kappa shape index (κ2) is 34.4. The van der Waals surface area contributed by atoms with Crippen molar-refractivity contribution in [1.82, 2.24) is 95.9 Å². The number of primary amides is 1. The summed E-state index contributed by atoms with van der Waals surface area (Å²) in [5, 5.41) is 103. The first-order chi connectivity index (χ1) is 54.9. The Kier molecular flexibility index (Phi) is 25.1. The molecule has 0 radical (unpaired) electrons. The molecule has 18 heterocycles. The normalized spacial score (nSPS) is 30.8. The number of likely N-dealkylation sites (tertiary alicyclic amines) is 1. The van der Waals surface area contributed by atoms with Crippen LogP contribution in [0, 0.1) is 24.2 Å². The van der Waals surface area contributed by atoms with Crippen molar-refractivity contribution < 1.29 is 49.0 Å². The number of amides is 2. The number of aryl methyl sites for hydroxylation is 3. The highest BCUT2D eigenvalue weighted by Gasteiger charge is 2.53. The van der Waals surface area contributed by atoms with Crippen LogP contribution in [0.15, 0.2) is 55.2 Å². The van der Waals surface area contributed by atoms with Gasteiger partial charge in [0, 0.05) is 148 Å². The number of nitrogens with zero attached hydrogens (tertiary/aromatic N) is 16. The van der Waals surface area contributed by atoms with Crippen LogP contribution in [-0.2, 0) is 84.2 Å². The molecule has 5 saturated heterocycles. The van der Waals surface area contributed by atoms with E-state index in [1.807, 2.05) is 88.2 Å². The molecule has 9 aliphatic heterocycles. The summed E-state index contributed by atoms with van der Waals surface area (Å²) in [4.78, 5) is 29.3. The molecule has 5 fully saturated rings. The van der Waals surface area contributed by atoms with E-state index in [0.29, 0.717) is 75.6 Å². The quantitative estimate of drug-likeness (QED) is 0.0488. The van der Waals surface area contributed by atoms with E-state index in [1.54, 1.807) is 9.36 Å². The van der Waals surface area contributed by atoms with Crippen LogP contribution in [0.1, 0.15) is 237 Å². The molecule has 618 valence electrons. The molecule has 4 spiro atoms. The summed E-state index contributed by atoms with van der Waals surface area (Å²) in [5.41, 5.74) is 12.5. The molecule has 1 unspecified atom stereocenters. The number of nitrogens with two attached hydrogens (primary N) is 1. The van der Waals surface area contributed by atoms with Crippen LogP contribution in [0.3, 0.4) is 0 Å². The zero-order valence-electron chi connectivity index (χ0n) is 65.0. The molecule has 39 heteroatoms. The van der Waals surface area contributed by atoms with Crippen LogP contribution in [0.4, 0.5) is 0 Å². The summed E-state index contributed by atoms with van der Waals surface area (Å²) in [6, 6.07) is 10.5. The lowest BCUT2D eigenvalue weighted by Gasteiger charge is -2.46. The van der Waals surface area contributed by atoms with Gasteiger partial charge in [-0.25, -0.2) is 4.68 Å². The second-order valence-electron chi connectivity index (χ2n) is 32.5. The summed E-state index contributed by atoms with van der Waals surface area (Å²) in [6.07, 6.45) is 14.3. The highest BCUT2D eigenvalue weighted by molar-refractivity contribution is 7.17. The van der Waals surface area contributed by atoms with Crippen LogP contribution in [0.2, 0.25) is 17.3 Å². The maximum absolute atomic E-state index is 12.2. The SMILES string of the molecule is CC(C)N1CC(Cn2cc([C@@H]3C[C@]4(C[C@H](C)N3)OC[C@@H](O)c3cc(Cl)sc34)nn2)CC1=O.C[C@H]1C[C@@]2(C[C@@H](c3cn(CCC#N)nn3)N1)OC[C@@H](O)c1cc(Cl)sc12.C[C@H]1C[C@@]2(C[C@@H](c3cn(CCC(N)=O)nn3)N1)OC[C@@H](O)c1cc(Cl)sc12.Cc1c(Cn2cc([C@@H]3C[C@]4(C[C@H](C)N3)OC[C@@H](O)c3cc(Cl)sc34)nn2)cnn1C. The summed E-state index contributed by atoms with van der Waals surface area (Å²) in [6.45, 7) is 18.8. The Morgan fingerprint density at radius 3 is 1.26 bits per heavy atom. The second-order valence-corrected chi connectivity index (χ2v) is 39.2. The molecule has 9 aromatic rings. The number of piperidine rings is 4. The number of nitriles is 1. The van der Waals surface area contributed by atoms with Gasteiger partial charge in [0.15, 0.2) is 0 Å². The average molecular weight is 1730 g/mol. The largest absolute Gasteiger partial charge is 0.386 e. The fourth-order valence-corrected chi connectivity index (χ4v) is 24.0. The molecule has 0 aliphatic carbocycles. The van der Waals surface area contributed by atoms with Crippen molar-refractivity contribution in [2.24, 2.45) is 18.7 Å². The molecule has 0 saturated carbocycles. The van der Waals surface area contributed by atoms with Crippen molar-refractivity contribution in [3.05, 3.63) is 148 Å². The molecule has 115 heavy (non-hydrogen) atoms. The van der Waals surface area contributed by atoms with Gasteiger partial charge in [-0.2, -0.15) is 10.4 Å². The van der Waals surface area contributed by atoms with Crippen molar-refractivity contribution >= 4 is 104 Å². The number of fused-ring (bicyclic) bond motifs is 8. The van der Waals surface area contributed by atoms with E-state index in [0.717, 1.165) is 114 Å². The Morgan fingerprint density at radius 2 is 0.922 bits per heavy atom. The third-order valence-corrected chi connectivity index (χ3v) is 29.2. The highest BCUT2D eigenvalue weighted by Crippen LogP contribution is 2.57. The lowest BCUT2D eigenvalue weighted by molar-refractivity contribution is -0.129. The Balaban J connectivity index is 0.000000121. The molecule has 9 aromatic heterocycles. The van der Waals surface area contributed by atoms with Gasteiger partial charge in [-0.3, -0.25) is 28.3 Å². The van der Waals surface area contributed by atoms with Crippen molar-refractivity contribution in [3.8, 4) is 6.07 Å². The van der Waals surface area contributed by atoms with Gasteiger partial charge in [0.25, 0.3) is 0 Å². The monoisotopic (exact) mass is 1730 g/mol. The van der Waals surface area contributed by atoms with Gasteiger partial charge in [0.2, 0.25) is 11.8 Å². The van der Waals surface area contributed by atoms with Crippen LogP contribution in [-0.4, -0.2) is 170 Å². The Bertz CT molecular complexity index is 4990. The summed E-state index contributed by atoms with van der Waals surface area (Å²) in [5.74, 6) is 0.104. The van der Waals surface area contributed by atoms with E-state index >= 15 is 0 Å². The molecular formula is C76H97Cl4N21O10S4. The minimum Gasteiger partial charge on any atom is -0.386 e. The van der Waals surface area contributed by atoms with Crippen molar-refractivity contribution in [2.75, 3.05) is 33.0 Å². The lowest BCUT2D eigenvalue weighted by Crippen LogP contribution is -2.50. The van der Waals surface area contributed by atoms with Gasteiger partial charge in [0.1, 0.15) is 46.8 Å². The minimum absolute atomic E-state index is 0.00136. The average Bonchev–Trinajstić information content (AvgIpc) is 1.68. The minimum atomic E-state index is -0.646. The third-order valence-electron chi connectivity index (χ3n) is 23.4. The zero-order valence-corrected chi connectivity index (χ0v) is 71.3. The first kappa shape index (κ1) is 83.7. The smallest absolute Gasteiger partial charge is 0.223 e. The van der Waals surface area contributed by atoms with Crippen molar-refractivity contribution in [3.63, 3.8) is 0 Å². The fourth-order valence-electron chi connectivity index (χ4n) is 18.2. The number of hydrogen-bond donors (Lipinski definition) is 9. The van der Waals surface area contributed by atoms with E-state index in [4.69, 9.17) is 76.3 Å². The highest BCUT2D eigenvalue weighted by atomic mass is 35.5. The van der Waals surface area contributed by atoms with Gasteiger partial charge in [-0.15, -0.1) is 65.7 Å². The number of ether oxygens (including phenoxy) is 4. The predicted molar refractivity (Wildman–Crippen MR) is 432 cm³/mol. The number of carbonyl (C=O) groups is 2. The number of thiophene rings is 4. The lowest BCUT2D eigenvalue weighted by atomic mass is 9.79. The molecule has 17 atom stereocenters. The van der Waals surface area contributed by atoms with Gasteiger partial charge < -0.3 is 71.3 Å². The van der Waals surface area contributed by atoms with Crippen molar-refractivity contribution in [2.45, 2.75) is 246 Å². The zero-order chi connectivity index (χ0) is 81.2. The van der Waals surface area contributed by atoms with E-state index in [-0.39, 0.29) is 105 Å². The first-order valence-electron chi connectivity index (χ1n) is 39.0. The Hall–Kier alpha value is -6.32. The number of aliphatic hydroxyl groups excluding tert-OH is 4. The molecule has 10 N–H and O–H groups in total. The summed E-state index contributed by atoms with van der Waals surface area (Å²) < 4.78 is 36.6. The molecule has 9 aliphatic rings. The number of carbonyl (C=O) groups excluding carboxylic acids is 2. The number of nitrogens with one attached hydrogen (secondary N) is 4. The van der Waals surface area contributed by atoms with Gasteiger partial charge >= 0.3 is 0 Å². The number of aliphatic hydroxyl groups is 4. The topological polar surface area (TPSA) is 394 Å².